The maximum Gasteiger partial charge on any atom is 0.275 e. The van der Waals surface area contributed by atoms with Crippen molar-refractivity contribution in [3.05, 3.63) is 53.3 Å². The van der Waals surface area contributed by atoms with Gasteiger partial charge < -0.3 is 15.1 Å². The van der Waals surface area contributed by atoms with E-state index in [9.17, 15) is 14.4 Å². The molecule has 4 rings (SSSR count). The minimum atomic E-state index is -0.479. The third-order valence-corrected chi connectivity index (χ3v) is 5.94. The van der Waals surface area contributed by atoms with Gasteiger partial charge in [-0.1, -0.05) is 30.3 Å². The number of carbonyl (C=O) groups excluding carboxylic acids is 3. The molecule has 3 heterocycles. The van der Waals surface area contributed by atoms with Crippen molar-refractivity contribution in [1.29, 1.82) is 0 Å². The summed E-state index contributed by atoms with van der Waals surface area (Å²) in [5.41, 5.74) is 1.74. The molecule has 164 valence electrons. The van der Waals surface area contributed by atoms with E-state index < -0.39 is 6.04 Å². The van der Waals surface area contributed by atoms with E-state index in [1.54, 1.807) is 15.6 Å². The molecular formula is C23H29N5O3. The second-order valence-corrected chi connectivity index (χ2v) is 8.11. The SMILES string of the molecule is CCNC(=O)[C@@H]1CCCCN1C(=O)c1cc2n(n1)CCCN(Cc1ccccc1)C2=O. The molecule has 8 heteroatoms. The quantitative estimate of drug-likeness (QED) is 0.798. The number of amides is 3. The molecule has 1 saturated heterocycles. The highest BCUT2D eigenvalue weighted by Gasteiger charge is 2.35. The summed E-state index contributed by atoms with van der Waals surface area (Å²) in [5, 5.41) is 7.29. The Balaban J connectivity index is 1.55. The molecule has 8 nitrogen and oxygen atoms in total. The Morgan fingerprint density at radius 1 is 1.10 bits per heavy atom. The highest BCUT2D eigenvalue weighted by Crippen LogP contribution is 2.22. The van der Waals surface area contributed by atoms with E-state index in [0.717, 1.165) is 24.8 Å². The zero-order chi connectivity index (χ0) is 21.8. The average Bonchev–Trinajstić information content (AvgIpc) is 3.16. The van der Waals surface area contributed by atoms with Gasteiger partial charge in [-0.3, -0.25) is 19.1 Å². The zero-order valence-electron chi connectivity index (χ0n) is 17.9. The maximum absolute atomic E-state index is 13.2. The Morgan fingerprint density at radius 2 is 1.90 bits per heavy atom. The van der Waals surface area contributed by atoms with Gasteiger partial charge in [0.25, 0.3) is 11.8 Å². The molecule has 31 heavy (non-hydrogen) atoms. The fourth-order valence-corrected chi connectivity index (χ4v) is 4.38. The van der Waals surface area contributed by atoms with E-state index in [2.05, 4.69) is 10.4 Å². The minimum absolute atomic E-state index is 0.119. The molecular weight excluding hydrogens is 394 g/mol. The van der Waals surface area contributed by atoms with Crippen molar-refractivity contribution in [3.8, 4) is 0 Å². The first-order chi connectivity index (χ1) is 15.1. The molecule has 0 spiro atoms. The molecule has 1 N–H and O–H groups in total. The predicted octanol–water partition coefficient (Wildman–Crippen LogP) is 2.06. The number of likely N-dealkylation sites (tertiary alicyclic amines) is 1. The highest BCUT2D eigenvalue weighted by atomic mass is 16.2. The Bertz CT molecular complexity index is 955. The molecule has 2 aliphatic heterocycles. The van der Waals surface area contributed by atoms with Gasteiger partial charge in [0, 0.05) is 38.8 Å². The van der Waals surface area contributed by atoms with Crippen molar-refractivity contribution in [2.24, 2.45) is 0 Å². The summed E-state index contributed by atoms with van der Waals surface area (Å²) >= 11 is 0. The lowest BCUT2D eigenvalue weighted by atomic mass is 10.0. The molecule has 0 saturated carbocycles. The number of likely N-dealkylation sites (N-methyl/N-ethyl adjacent to an activating group) is 1. The van der Waals surface area contributed by atoms with E-state index in [0.29, 0.717) is 44.8 Å². The average molecular weight is 424 g/mol. The Kier molecular flexibility index (Phi) is 6.34. The van der Waals surface area contributed by atoms with Crippen molar-refractivity contribution in [1.82, 2.24) is 24.9 Å². The van der Waals surface area contributed by atoms with Crippen molar-refractivity contribution >= 4 is 17.7 Å². The van der Waals surface area contributed by atoms with Crippen LogP contribution in [0.3, 0.4) is 0 Å². The molecule has 1 fully saturated rings. The number of nitrogens with one attached hydrogen (secondary N) is 1. The first-order valence-corrected chi connectivity index (χ1v) is 11.1. The third kappa shape index (κ3) is 4.47. The topological polar surface area (TPSA) is 87.5 Å². The highest BCUT2D eigenvalue weighted by molar-refractivity contribution is 5.99. The fourth-order valence-electron chi connectivity index (χ4n) is 4.38. The van der Waals surface area contributed by atoms with Crippen LogP contribution in [0.4, 0.5) is 0 Å². The van der Waals surface area contributed by atoms with Crippen LogP contribution in [-0.4, -0.2) is 63.0 Å². The van der Waals surface area contributed by atoms with Crippen molar-refractivity contribution in [3.63, 3.8) is 0 Å². The second kappa shape index (κ2) is 9.32. The number of aryl methyl sites for hydroxylation is 1. The van der Waals surface area contributed by atoms with E-state index in [4.69, 9.17) is 0 Å². The summed E-state index contributed by atoms with van der Waals surface area (Å²) in [7, 11) is 0. The van der Waals surface area contributed by atoms with Gasteiger partial charge >= 0.3 is 0 Å². The van der Waals surface area contributed by atoms with Crippen LogP contribution >= 0.6 is 0 Å². The lowest BCUT2D eigenvalue weighted by Gasteiger charge is -2.34. The number of benzene rings is 1. The number of piperidine rings is 1. The van der Waals surface area contributed by atoms with E-state index in [1.807, 2.05) is 42.2 Å². The number of carbonyl (C=O) groups is 3. The van der Waals surface area contributed by atoms with Gasteiger partial charge in [-0.15, -0.1) is 0 Å². The molecule has 1 aromatic heterocycles. The van der Waals surface area contributed by atoms with Crippen LogP contribution in [0.15, 0.2) is 36.4 Å². The Labute approximate surface area is 182 Å². The zero-order valence-corrected chi connectivity index (χ0v) is 17.9. The number of hydrogen-bond acceptors (Lipinski definition) is 4. The van der Waals surface area contributed by atoms with Gasteiger partial charge in [-0.2, -0.15) is 5.10 Å². The summed E-state index contributed by atoms with van der Waals surface area (Å²) in [6.45, 7) is 4.68. The van der Waals surface area contributed by atoms with Crippen LogP contribution < -0.4 is 5.32 Å². The molecule has 3 amide bonds. The van der Waals surface area contributed by atoms with E-state index in [-0.39, 0.29) is 23.4 Å². The molecule has 0 bridgehead atoms. The van der Waals surface area contributed by atoms with Gasteiger partial charge in [0.05, 0.1) is 0 Å². The van der Waals surface area contributed by atoms with Crippen molar-refractivity contribution < 1.29 is 14.4 Å². The lowest BCUT2D eigenvalue weighted by Crippen LogP contribution is -2.52. The van der Waals surface area contributed by atoms with Crippen molar-refractivity contribution in [2.45, 2.75) is 51.7 Å². The van der Waals surface area contributed by atoms with Gasteiger partial charge in [0.15, 0.2) is 5.69 Å². The van der Waals surface area contributed by atoms with Crippen LogP contribution in [-0.2, 0) is 17.9 Å². The fraction of sp³-hybridized carbons (Fsp3) is 0.478. The third-order valence-electron chi connectivity index (χ3n) is 5.94. The van der Waals surface area contributed by atoms with Gasteiger partial charge in [0.1, 0.15) is 11.7 Å². The predicted molar refractivity (Wildman–Crippen MR) is 115 cm³/mol. The normalized spacial score (nSPS) is 19.0. The first-order valence-electron chi connectivity index (χ1n) is 11.1. The Morgan fingerprint density at radius 3 is 2.68 bits per heavy atom. The largest absolute Gasteiger partial charge is 0.355 e. The molecule has 1 aromatic carbocycles. The molecule has 2 aliphatic rings. The van der Waals surface area contributed by atoms with Crippen molar-refractivity contribution in [2.75, 3.05) is 19.6 Å². The standard InChI is InChI=1S/C23H29N5O3/c1-2-24-21(29)19-11-6-7-13-27(19)22(30)18-15-20-23(31)26(12-8-14-28(20)25-18)16-17-9-4-3-5-10-17/h3-5,9-10,15,19H,2,6-8,11-14,16H2,1H3,(H,24,29)/t19-/m0/s1. The van der Waals surface area contributed by atoms with Gasteiger partial charge in [-0.05, 0) is 38.2 Å². The van der Waals surface area contributed by atoms with Crippen LogP contribution in [0, 0.1) is 0 Å². The van der Waals surface area contributed by atoms with Gasteiger partial charge in [-0.25, -0.2) is 0 Å². The maximum atomic E-state index is 13.2. The summed E-state index contributed by atoms with van der Waals surface area (Å²) in [4.78, 5) is 42.3. The van der Waals surface area contributed by atoms with Gasteiger partial charge in [0.2, 0.25) is 5.91 Å². The molecule has 0 radical (unpaired) electrons. The smallest absolute Gasteiger partial charge is 0.275 e. The molecule has 0 unspecified atom stereocenters. The summed E-state index contributed by atoms with van der Waals surface area (Å²) in [6.07, 6.45) is 3.19. The minimum Gasteiger partial charge on any atom is -0.355 e. The van der Waals surface area contributed by atoms with Crippen LogP contribution in [0.1, 0.15) is 59.1 Å². The monoisotopic (exact) mass is 423 g/mol. The van der Waals surface area contributed by atoms with E-state index >= 15 is 0 Å². The van der Waals surface area contributed by atoms with Crippen LogP contribution in [0.25, 0.3) is 0 Å². The number of nitrogens with zero attached hydrogens (tertiary/aromatic N) is 4. The van der Waals surface area contributed by atoms with Crippen LogP contribution in [0.5, 0.6) is 0 Å². The molecule has 2 aromatic rings. The number of rotatable bonds is 5. The first kappa shape index (κ1) is 21.1. The number of hydrogen-bond donors (Lipinski definition) is 1. The molecule has 0 aliphatic carbocycles. The molecule has 1 atom stereocenters. The Hall–Kier alpha value is -3.16. The second-order valence-electron chi connectivity index (χ2n) is 8.11. The number of aromatic nitrogens is 2. The van der Waals surface area contributed by atoms with E-state index in [1.165, 1.54) is 0 Å². The summed E-state index contributed by atoms with van der Waals surface area (Å²) < 4.78 is 1.64. The summed E-state index contributed by atoms with van der Waals surface area (Å²) in [6, 6.07) is 11.0. The summed E-state index contributed by atoms with van der Waals surface area (Å²) in [5.74, 6) is -0.521. The lowest BCUT2D eigenvalue weighted by molar-refractivity contribution is -0.126. The number of fused-ring (bicyclic) bond motifs is 1. The van der Waals surface area contributed by atoms with Crippen LogP contribution in [0.2, 0.25) is 0 Å².